The van der Waals surface area contributed by atoms with Crippen LogP contribution < -0.4 is 4.90 Å². The van der Waals surface area contributed by atoms with Gasteiger partial charge in [-0.05, 0) is 0 Å². The predicted molar refractivity (Wildman–Crippen MR) is 54.5 cm³/mol. The van der Waals surface area contributed by atoms with E-state index >= 15 is 0 Å². The van der Waals surface area contributed by atoms with Crippen LogP contribution in [-0.2, 0) is 11.2 Å². The number of aromatic nitrogens is 1. The van der Waals surface area contributed by atoms with Crippen molar-refractivity contribution in [3.8, 4) is 6.07 Å². The summed E-state index contributed by atoms with van der Waals surface area (Å²) in [5, 5.41) is 9.55. The third kappa shape index (κ3) is 2.03. The SMILES string of the molecule is N#CCc1cnc(N2CCOCC2)s1. The van der Waals surface area contributed by atoms with Gasteiger partial charge in [0.25, 0.3) is 0 Å². The van der Waals surface area contributed by atoms with E-state index < -0.39 is 0 Å². The molecule has 0 unspecified atom stereocenters. The molecule has 0 aromatic carbocycles. The number of morpholine rings is 1. The lowest BCUT2D eigenvalue weighted by Gasteiger charge is -2.25. The van der Waals surface area contributed by atoms with E-state index in [9.17, 15) is 0 Å². The molecule has 1 aromatic rings. The average Bonchev–Trinajstić information content (AvgIpc) is 2.68. The first-order valence-electron chi connectivity index (χ1n) is 4.54. The zero-order chi connectivity index (χ0) is 9.80. The number of nitriles is 1. The van der Waals surface area contributed by atoms with E-state index in [2.05, 4.69) is 16.0 Å². The molecule has 1 aliphatic heterocycles. The molecule has 2 heterocycles. The Morgan fingerprint density at radius 2 is 2.36 bits per heavy atom. The van der Waals surface area contributed by atoms with Crippen LogP contribution in [0.2, 0.25) is 0 Å². The van der Waals surface area contributed by atoms with E-state index in [0.717, 1.165) is 36.3 Å². The van der Waals surface area contributed by atoms with Gasteiger partial charge in [0.15, 0.2) is 5.13 Å². The van der Waals surface area contributed by atoms with Gasteiger partial charge < -0.3 is 9.64 Å². The van der Waals surface area contributed by atoms with Crippen molar-refractivity contribution < 1.29 is 4.74 Å². The number of rotatable bonds is 2. The van der Waals surface area contributed by atoms with E-state index in [-0.39, 0.29) is 0 Å². The van der Waals surface area contributed by atoms with Gasteiger partial charge in [-0.25, -0.2) is 4.98 Å². The Morgan fingerprint density at radius 1 is 1.57 bits per heavy atom. The molecular weight excluding hydrogens is 198 g/mol. The Kier molecular flexibility index (Phi) is 2.96. The molecule has 74 valence electrons. The summed E-state index contributed by atoms with van der Waals surface area (Å²) >= 11 is 1.60. The maximum atomic E-state index is 8.53. The normalized spacial score (nSPS) is 16.6. The molecule has 0 bridgehead atoms. The third-order valence-electron chi connectivity index (χ3n) is 2.08. The van der Waals surface area contributed by atoms with E-state index in [1.54, 1.807) is 17.5 Å². The van der Waals surface area contributed by atoms with Crippen molar-refractivity contribution in [2.24, 2.45) is 0 Å². The van der Waals surface area contributed by atoms with Crippen LogP contribution in [0.25, 0.3) is 0 Å². The Bertz CT molecular complexity index is 338. The summed E-state index contributed by atoms with van der Waals surface area (Å²) in [6.07, 6.45) is 2.25. The van der Waals surface area contributed by atoms with E-state index in [4.69, 9.17) is 10.00 Å². The van der Waals surface area contributed by atoms with Gasteiger partial charge in [0, 0.05) is 24.2 Å². The first-order chi connectivity index (χ1) is 6.90. The highest BCUT2D eigenvalue weighted by molar-refractivity contribution is 7.15. The fourth-order valence-corrected chi connectivity index (χ4v) is 2.25. The zero-order valence-corrected chi connectivity index (χ0v) is 8.59. The Balaban J connectivity index is 2.04. The highest BCUT2D eigenvalue weighted by Gasteiger charge is 2.14. The average molecular weight is 209 g/mol. The molecule has 0 spiro atoms. The van der Waals surface area contributed by atoms with Crippen molar-refractivity contribution in [3.05, 3.63) is 11.1 Å². The lowest BCUT2D eigenvalue weighted by atomic mass is 10.4. The molecule has 0 saturated carbocycles. The van der Waals surface area contributed by atoms with E-state index in [0.29, 0.717) is 6.42 Å². The second-order valence-corrected chi connectivity index (χ2v) is 4.14. The molecule has 5 heteroatoms. The topological polar surface area (TPSA) is 49.2 Å². The van der Waals surface area contributed by atoms with Crippen LogP contribution in [-0.4, -0.2) is 31.3 Å². The fraction of sp³-hybridized carbons (Fsp3) is 0.556. The van der Waals surface area contributed by atoms with Gasteiger partial charge in [-0.2, -0.15) is 5.26 Å². The number of anilines is 1. The van der Waals surface area contributed by atoms with Crippen LogP contribution in [0, 0.1) is 11.3 Å². The Hall–Kier alpha value is -1.12. The molecule has 1 saturated heterocycles. The molecule has 0 amide bonds. The summed E-state index contributed by atoms with van der Waals surface area (Å²) in [4.78, 5) is 7.54. The van der Waals surface area contributed by atoms with Gasteiger partial charge in [0.2, 0.25) is 0 Å². The quantitative estimate of drug-likeness (QED) is 0.730. The van der Waals surface area contributed by atoms with Gasteiger partial charge in [0.05, 0.1) is 25.7 Å². The number of ether oxygens (including phenoxy) is 1. The van der Waals surface area contributed by atoms with E-state index in [1.165, 1.54) is 0 Å². The lowest BCUT2D eigenvalue weighted by Crippen LogP contribution is -2.36. The van der Waals surface area contributed by atoms with Crippen LogP contribution >= 0.6 is 11.3 Å². The fourth-order valence-electron chi connectivity index (χ4n) is 1.36. The van der Waals surface area contributed by atoms with E-state index in [1.807, 2.05) is 0 Å². The molecule has 0 N–H and O–H groups in total. The molecule has 4 nitrogen and oxygen atoms in total. The van der Waals surface area contributed by atoms with Crippen LogP contribution in [0.4, 0.5) is 5.13 Å². The van der Waals surface area contributed by atoms with Gasteiger partial charge in [-0.1, -0.05) is 0 Å². The minimum absolute atomic E-state index is 0.460. The maximum Gasteiger partial charge on any atom is 0.185 e. The summed E-state index contributed by atoms with van der Waals surface area (Å²) in [5.41, 5.74) is 0. The Labute approximate surface area is 86.7 Å². The lowest BCUT2D eigenvalue weighted by molar-refractivity contribution is 0.122. The molecule has 1 aliphatic rings. The van der Waals surface area contributed by atoms with Crippen molar-refractivity contribution in [1.82, 2.24) is 4.98 Å². The van der Waals surface area contributed by atoms with Crippen LogP contribution in [0.1, 0.15) is 4.88 Å². The number of hydrogen-bond acceptors (Lipinski definition) is 5. The van der Waals surface area contributed by atoms with Crippen molar-refractivity contribution >= 4 is 16.5 Å². The third-order valence-corrected chi connectivity index (χ3v) is 3.13. The monoisotopic (exact) mass is 209 g/mol. The maximum absolute atomic E-state index is 8.53. The molecule has 2 rings (SSSR count). The van der Waals surface area contributed by atoms with Crippen molar-refractivity contribution in [1.29, 1.82) is 5.26 Å². The number of nitrogens with zero attached hydrogens (tertiary/aromatic N) is 3. The highest BCUT2D eigenvalue weighted by Crippen LogP contribution is 2.23. The van der Waals surface area contributed by atoms with Crippen molar-refractivity contribution in [2.75, 3.05) is 31.2 Å². The summed E-state index contributed by atoms with van der Waals surface area (Å²) in [7, 11) is 0. The van der Waals surface area contributed by atoms with Gasteiger partial charge in [-0.3, -0.25) is 0 Å². The number of hydrogen-bond donors (Lipinski definition) is 0. The van der Waals surface area contributed by atoms with Crippen LogP contribution in [0.15, 0.2) is 6.20 Å². The number of thiazole rings is 1. The molecule has 0 aliphatic carbocycles. The second kappa shape index (κ2) is 4.40. The largest absolute Gasteiger partial charge is 0.378 e. The standard InChI is InChI=1S/C9H11N3OS/c10-2-1-8-7-11-9(14-8)12-3-5-13-6-4-12/h7H,1,3-6H2. The van der Waals surface area contributed by atoms with Crippen LogP contribution in [0.5, 0.6) is 0 Å². The minimum Gasteiger partial charge on any atom is -0.378 e. The minimum atomic E-state index is 0.460. The molecule has 14 heavy (non-hydrogen) atoms. The smallest absolute Gasteiger partial charge is 0.185 e. The van der Waals surface area contributed by atoms with Gasteiger partial charge >= 0.3 is 0 Å². The molecule has 0 atom stereocenters. The van der Waals surface area contributed by atoms with Crippen molar-refractivity contribution in [3.63, 3.8) is 0 Å². The molecule has 1 fully saturated rings. The highest BCUT2D eigenvalue weighted by atomic mass is 32.1. The zero-order valence-electron chi connectivity index (χ0n) is 7.77. The molecular formula is C9H11N3OS. The summed E-state index contributed by atoms with van der Waals surface area (Å²) in [6, 6.07) is 2.13. The Morgan fingerprint density at radius 3 is 3.07 bits per heavy atom. The van der Waals surface area contributed by atoms with Crippen molar-refractivity contribution in [2.45, 2.75) is 6.42 Å². The second-order valence-electron chi connectivity index (χ2n) is 3.04. The van der Waals surface area contributed by atoms with Gasteiger partial charge in [-0.15, -0.1) is 11.3 Å². The first-order valence-corrected chi connectivity index (χ1v) is 5.36. The summed E-state index contributed by atoms with van der Waals surface area (Å²) < 4.78 is 5.26. The molecule has 0 radical (unpaired) electrons. The summed E-state index contributed by atoms with van der Waals surface area (Å²) in [5.74, 6) is 0. The summed E-state index contributed by atoms with van der Waals surface area (Å²) in [6.45, 7) is 3.35. The van der Waals surface area contributed by atoms with Crippen LogP contribution in [0.3, 0.4) is 0 Å². The van der Waals surface area contributed by atoms with Gasteiger partial charge in [0.1, 0.15) is 0 Å². The first kappa shape index (κ1) is 9.44. The molecule has 1 aromatic heterocycles. The predicted octanol–water partition coefficient (Wildman–Crippen LogP) is 1.05.